The number of aryl methyl sites for hydroxylation is 2. The number of rotatable bonds is 13. The summed E-state index contributed by atoms with van der Waals surface area (Å²) in [4.78, 5) is 91.6. The van der Waals surface area contributed by atoms with E-state index < -0.39 is 64.9 Å². The Morgan fingerprint density at radius 2 is 0.914 bits per heavy atom. The number of hydrogen-bond acceptors (Lipinski definition) is 14. The maximum atomic E-state index is 13.5. The van der Waals surface area contributed by atoms with Crippen molar-refractivity contribution in [2.24, 2.45) is 10.2 Å². The van der Waals surface area contributed by atoms with Crippen LogP contribution in [0, 0.1) is 34.9 Å². The molecule has 5 N–H and O–H groups in total. The SMILES string of the molecule is C.C.C.C=Cc1ccc(F)c2[nH]c(C(=O)OC)cc12.CCc1ccc(F)c2[nH]c(C(=O)O)cc12.CCc1ccc(F)c2[nH]c(C(=O)OC)cc12.COC(=O)/C(=C/c1cc(F)ccc1Br)N=[N+]=[N-].COC(=O)CN=[N+]=[N-].COC(=O)c1cc2c(Br)ccc(F)c2[nH]1.O=Cc1cc(F)ccc1Br.[2H][B].[B]C.[B]F. The largest absolute Gasteiger partial charge is 0.477 e. The number of aromatic carboxylic acids is 1. The van der Waals surface area contributed by atoms with E-state index in [1.807, 2.05) is 13.8 Å². The highest BCUT2D eigenvalue weighted by molar-refractivity contribution is 9.11. The smallest absolute Gasteiger partial charge is 0.354 e. The number of aromatic nitrogens is 4. The molecule has 6 radical (unpaired) electrons. The summed E-state index contributed by atoms with van der Waals surface area (Å²) in [6.07, 6.45) is 4.98. The molecule has 6 aromatic carbocycles. The second-order valence-electron chi connectivity index (χ2n) is 18.8. The summed E-state index contributed by atoms with van der Waals surface area (Å²) in [5.74, 6) is -6.37. The van der Waals surface area contributed by atoms with Gasteiger partial charge in [-0.3, -0.25) is 9.59 Å². The van der Waals surface area contributed by atoms with E-state index in [0.717, 1.165) is 46.5 Å². The number of benzene rings is 6. The lowest BCUT2D eigenvalue weighted by molar-refractivity contribution is -0.139. The third-order valence-corrected chi connectivity index (χ3v) is 15.1. The van der Waals surface area contributed by atoms with Gasteiger partial charge in [0.25, 0.3) is 0 Å². The number of halogens is 10. The van der Waals surface area contributed by atoms with Crippen LogP contribution in [-0.4, -0.2) is 135 Å². The van der Waals surface area contributed by atoms with Crippen LogP contribution in [0.1, 0.15) is 111 Å². The highest BCUT2D eigenvalue weighted by Crippen LogP contribution is 2.29. The van der Waals surface area contributed by atoms with Crippen molar-refractivity contribution in [3.05, 3.63) is 241 Å². The second kappa shape index (κ2) is 50.6. The minimum atomic E-state index is -1.08. The third kappa shape index (κ3) is 28.8. The highest BCUT2D eigenvalue weighted by atomic mass is 79.9. The number of esters is 5. The fraction of sp³-hybridized carbons (Fsp3) is 0.203. The van der Waals surface area contributed by atoms with Crippen LogP contribution in [0.15, 0.2) is 145 Å². The first kappa shape index (κ1) is 96.3. The van der Waals surface area contributed by atoms with Gasteiger partial charge in [0.1, 0.15) is 69.9 Å². The molecule has 4 aromatic heterocycles. The minimum Gasteiger partial charge on any atom is -0.477 e. The zero-order valence-corrected chi connectivity index (χ0v) is 59.8. The molecule has 0 atom stereocenters. The Labute approximate surface area is 630 Å². The predicted molar refractivity (Wildman–Crippen MR) is 405 cm³/mol. The highest BCUT2D eigenvalue weighted by Gasteiger charge is 2.18. The van der Waals surface area contributed by atoms with E-state index in [9.17, 15) is 59.9 Å². The first-order valence-electron chi connectivity index (χ1n) is 28.9. The Bertz CT molecular complexity index is 4690. The molecule has 105 heavy (non-hydrogen) atoms. The first-order valence-corrected chi connectivity index (χ1v) is 30.7. The van der Waals surface area contributed by atoms with Crippen LogP contribution in [0.2, 0.25) is 6.82 Å². The molecule has 0 aliphatic heterocycles. The quantitative estimate of drug-likeness (QED) is 0.00826. The minimum absolute atomic E-state index is 0. The molecule has 0 amide bonds. The van der Waals surface area contributed by atoms with Crippen molar-refractivity contribution in [3.8, 4) is 0 Å². The zero-order chi connectivity index (χ0) is 78.2. The van der Waals surface area contributed by atoms with E-state index in [-0.39, 0.29) is 74.1 Å². The lowest BCUT2D eigenvalue weighted by atomic mass is 10.1. The van der Waals surface area contributed by atoms with Crippen molar-refractivity contribution in [2.45, 2.75) is 55.8 Å². The van der Waals surface area contributed by atoms with E-state index >= 15 is 0 Å². The number of ether oxygens (including phenoxy) is 5. The van der Waals surface area contributed by atoms with Crippen molar-refractivity contribution < 1.29 is 93.0 Å². The molecule has 554 valence electrons. The van der Waals surface area contributed by atoms with Crippen LogP contribution < -0.4 is 0 Å². The van der Waals surface area contributed by atoms with Crippen LogP contribution in [0.4, 0.5) is 30.7 Å². The summed E-state index contributed by atoms with van der Waals surface area (Å²) in [7, 11) is 17.5. The Morgan fingerprint density at radius 1 is 0.543 bits per heavy atom. The van der Waals surface area contributed by atoms with Crippen molar-refractivity contribution in [1.29, 1.82) is 1.34 Å². The van der Waals surface area contributed by atoms with Crippen molar-refractivity contribution >= 4 is 170 Å². The number of H-pyrrole nitrogens is 4. The number of methoxy groups -OCH3 is 5. The summed E-state index contributed by atoms with van der Waals surface area (Å²) < 4.78 is 117. The zero-order valence-electron chi connectivity index (χ0n) is 56.0. The van der Waals surface area contributed by atoms with Gasteiger partial charge in [-0.2, -0.15) is 0 Å². The topological polar surface area (TPSA) is 347 Å². The Morgan fingerprint density at radius 3 is 1.29 bits per heavy atom. The Kier molecular flexibility index (Phi) is 46.4. The maximum absolute atomic E-state index is 13.5. The molecule has 0 spiro atoms. The summed E-state index contributed by atoms with van der Waals surface area (Å²) in [5.41, 5.74) is 21.1. The van der Waals surface area contributed by atoms with Crippen molar-refractivity contribution in [3.63, 3.8) is 0 Å². The first-order chi connectivity index (χ1) is 49.2. The lowest BCUT2D eigenvalue weighted by Crippen LogP contribution is -2.02. The summed E-state index contributed by atoms with van der Waals surface area (Å²) in [6, 6.07) is 26.1. The molecule has 0 unspecified atom stereocenters. The molecule has 36 heteroatoms. The lowest BCUT2D eigenvalue weighted by Gasteiger charge is -2.01. The number of carboxylic acids is 1. The van der Waals surface area contributed by atoms with Gasteiger partial charge in [0, 0.05) is 58.7 Å². The number of nitrogens with zero attached hydrogens (tertiary/aromatic N) is 6. The number of aromatic amines is 4. The fourth-order valence-electron chi connectivity index (χ4n) is 8.23. The number of azide groups is 2. The molecule has 0 fully saturated rings. The number of hydrogen-bond donors (Lipinski definition) is 5. The monoisotopic (exact) mass is 1650 g/mol. The van der Waals surface area contributed by atoms with E-state index in [1.165, 1.54) is 108 Å². The average Bonchev–Trinajstić information content (AvgIpc) is 1.68. The van der Waals surface area contributed by atoms with Gasteiger partial charge >= 0.3 is 43.9 Å². The molecular formula is C69H71B3Br3F7N10O13. The number of carbonyl (C=O) groups is 7. The molecule has 4 heterocycles. The maximum Gasteiger partial charge on any atom is 0.354 e. The third-order valence-electron chi connectivity index (χ3n) is 12.9. The number of aldehydes is 1. The van der Waals surface area contributed by atoms with Crippen LogP contribution in [0.3, 0.4) is 0 Å². The molecule has 0 bridgehead atoms. The van der Waals surface area contributed by atoms with Crippen LogP contribution in [0.25, 0.3) is 76.6 Å². The average molecular weight is 1650 g/mol. The van der Waals surface area contributed by atoms with Crippen LogP contribution >= 0.6 is 47.8 Å². The van der Waals surface area contributed by atoms with Gasteiger partial charge in [-0.25, -0.2) is 50.3 Å². The van der Waals surface area contributed by atoms with Gasteiger partial charge in [0.15, 0.2) is 6.29 Å². The van der Waals surface area contributed by atoms with Gasteiger partial charge in [-0.1, -0.05) is 132 Å². The van der Waals surface area contributed by atoms with E-state index in [0.29, 0.717) is 53.6 Å². The van der Waals surface area contributed by atoms with Crippen molar-refractivity contribution in [1.82, 2.24) is 19.9 Å². The van der Waals surface area contributed by atoms with E-state index in [2.05, 4.69) is 142 Å². The Balaban J connectivity index is -0.00000116. The van der Waals surface area contributed by atoms with Crippen LogP contribution in [0.5, 0.6) is 0 Å². The number of nitrogens with one attached hydrogen (secondary N) is 4. The Hall–Kier alpha value is -10.8. The number of carbonyl (C=O) groups excluding carboxylic acids is 6. The summed E-state index contributed by atoms with van der Waals surface area (Å²) >= 11 is 9.55. The second-order valence-corrected chi connectivity index (χ2v) is 21.3. The standard InChI is InChI=1S/C12H12FNO2.C12H10FNO2.C11H10FNO2.C10H7BrFN3O2.C10H7BrFNO2.C7H4BrFO.C3H5N3O2.CH3B.3CH4.BF.BH/c2*1-3-7-4-5-9(13)11-8(7)6-10(14-11)12(15)16-2;1-2-6-3-4-8(12)10-7(6)5-9(13-10)11(14)15;1-17-10(16)9(14-15-13)5-6-4-7(12)2-3-8(6)11;1-15-10(14)8-4-5-6(11)2-3-7(12)9(5)13-8;8-7-2-1-6(9)3-5(7)4-10;1-8-3(7)2-5-6-4;1-2;;;;1-2;/h4-6,14H,3H2,1-2H3;3-6,14H,1H2,2H3;3-5,13H,2H2,1H3,(H,14,15);2-5H,1H3;2-4,13H,1H3;1-4H;2H2,1H3;1H3;3*1H4;;1H/b;;;9-5-;;;;;;;;;/i;;;;;;;;;;;;1D. The summed E-state index contributed by atoms with van der Waals surface area (Å²) in [5, 5.41) is 17.5. The number of carboxylic acid groups (broad SMARTS) is 1. The van der Waals surface area contributed by atoms with Crippen LogP contribution in [-0.2, 0) is 46.1 Å². The van der Waals surface area contributed by atoms with Gasteiger partial charge in [0.2, 0.25) is 0 Å². The van der Waals surface area contributed by atoms with E-state index in [4.69, 9.17) is 21.8 Å². The number of fused-ring (bicyclic) bond motifs is 4. The predicted octanol–water partition coefficient (Wildman–Crippen LogP) is 18.6. The van der Waals surface area contributed by atoms with Gasteiger partial charge in [-0.05, 0) is 145 Å². The molecule has 0 saturated carbocycles. The fourth-order valence-corrected chi connectivity index (χ4v) is 9.37. The molecule has 10 rings (SSSR count). The molecule has 23 nitrogen and oxygen atoms in total. The molecular weight excluding hydrogens is 1580 g/mol. The van der Waals surface area contributed by atoms with Gasteiger partial charge < -0.3 is 53.0 Å². The van der Waals surface area contributed by atoms with Crippen molar-refractivity contribution in [2.75, 3.05) is 42.1 Å². The van der Waals surface area contributed by atoms with E-state index in [1.54, 1.807) is 48.5 Å². The molecule has 0 aliphatic rings. The molecule has 10 aromatic rings. The summed E-state index contributed by atoms with van der Waals surface area (Å²) in [6.45, 7) is 8.83. The van der Waals surface area contributed by atoms with Gasteiger partial charge in [0.05, 0.1) is 65.5 Å². The van der Waals surface area contributed by atoms with Gasteiger partial charge in [-0.15, -0.1) is 0 Å². The molecule has 0 saturated heterocycles. The molecule has 0 aliphatic carbocycles. The normalized spacial score (nSPS) is 9.58.